The molecule has 1 fully saturated rings. The minimum Gasteiger partial charge on any atom is -0.388 e. The van der Waals surface area contributed by atoms with Crippen LogP contribution >= 0.6 is 11.6 Å². The highest BCUT2D eigenvalue weighted by atomic mass is 35.5. The number of hydrogen-bond acceptors (Lipinski definition) is 6. The molecule has 88 valence electrons. The summed E-state index contributed by atoms with van der Waals surface area (Å²) < 4.78 is 0. The summed E-state index contributed by atoms with van der Waals surface area (Å²) in [7, 11) is 0. The van der Waals surface area contributed by atoms with Gasteiger partial charge in [-0.15, -0.1) is 0 Å². The van der Waals surface area contributed by atoms with Crippen LogP contribution in [0.5, 0.6) is 0 Å². The van der Waals surface area contributed by atoms with E-state index in [1.807, 2.05) is 0 Å². The lowest BCUT2D eigenvalue weighted by Gasteiger charge is -2.33. The Labute approximate surface area is 95.2 Å². The molecule has 1 saturated heterocycles. The van der Waals surface area contributed by atoms with Crippen molar-refractivity contribution >= 4 is 17.3 Å². The minimum absolute atomic E-state index is 0.00934. The Balaban J connectivity index is 2.25. The van der Waals surface area contributed by atoms with Crippen LogP contribution in [0.25, 0.3) is 0 Å². The maximum absolute atomic E-state index is 11.4. The normalized spacial score (nSPS) is 25.8. The van der Waals surface area contributed by atoms with E-state index in [1.165, 1.54) is 11.1 Å². The first-order valence-corrected chi connectivity index (χ1v) is 4.97. The van der Waals surface area contributed by atoms with E-state index in [1.54, 1.807) is 0 Å². The van der Waals surface area contributed by atoms with Gasteiger partial charge in [-0.25, -0.2) is 10.2 Å². The maximum Gasteiger partial charge on any atom is 0.290 e. The van der Waals surface area contributed by atoms with Gasteiger partial charge in [0.25, 0.3) is 5.56 Å². The molecule has 0 aromatic carbocycles. The van der Waals surface area contributed by atoms with E-state index < -0.39 is 17.8 Å². The monoisotopic (exact) mass is 247 g/mol. The van der Waals surface area contributed by atoms with Crippen molar-refractivity contribution in [2.75, 3.05) is 18.2 Å². The summed E-state index contributed by atoms with van der Waals surface area (Å²) >= 11 is 5.63. The largest absolute Gasteiger partial charge is 0.388 e. The smallest absolute Gasteiger partial charge is 0.290 e. The number of aliphatic hydroxyl groups is 2. The van der Waals surface area contributed by atoms with Crippen LogP contribution < -0.4 is 10.6 Å². The Hall–Kier alpha value is -1.15. The zero-order valence-corrected chi connectivity index (χ0v) is 8.89. The van der Waals surface area contributed by atoms with Crippen LogP contribution in [0.2, 0.25) is 5.15 Å². The van der Waals surface area contributed by atoms with Crippen molar-refractivity contribution in [1.82, 2.24) is 10.2 Å². The van der Waals surface area contributed by atoms with Crippen molar-refractivity contribution in [1.29, 1.82) is 0 Å². The molecule has 0 saturated carbocycles. The predicted octanol–water partition coefficient (Wildman–Crippen LogP) is -1.10. The summed E-state index contributed by atoms with van der Waals surface area (Å²) in [6, 6.07) is 1.32. The average Bonchev–Trinajstić information content (AvgIpc) is 2.26. The maximum atomic E-state index is 11.4. The van der Waals surface area contributed by atoms with Gasteiger partial charge in [-0.3, -0.25) is 9.63 Å². The summed E-state index contributed by atoms with van der Waals surface area (Å²) in [6.45, 7) is -0.0921. The van der Waals surface area contributed by atoms with Gasteiger partial charge in [0.05, 0.1) is 6.54 Å². The Bertz CT molecular complexity index is 438. The van der Waals surface area contributed by atoms with Crippen LogP contribution in [0.4, 0.5) is 5.69 Å². The van der Waals surface area contributed by atoms with Crippen molar-refractivity contribution in [3.63, 3.8) is 0 Å². The van der Waals surface area contributed by atoms with Gasteiger partial charge in [0, 0.05) is 6.07 Å². The van der Waals surface area contributed by atoms with E-state index in [0.717, 1.165) is 0 Å². The average molecular weight is 248 g/mol. The molecule has 16 heavy (non-hydrogen) atoms. The van der Waals surface area contributed by atoms with E-state index in [0.29, 0.717) is 0 Å². The molecule has 0 aliphatic carbocycles. The van der Waals surface area contributed by atoms with E-state index >= 15 is 0 Å². The molecular formula is C8H10ClN3O4. The summed E-state index contributed by atoms with van der Waals surface area (Å²) in [5, 5.41) is 25.7. The molecule has 2 rings (SSSR count). The molecule has 0 bridgehead atoms. The number of β-amino-alcohol motifs (C(OH)–C–C–N with tert-alkyl or cyclic N) is 1. The second-order valence-electron chi connectivity index (χ2n) is 3.40. The summed E-state index contributed by atoms with van der Waals surface area (Å²) in [4.78, 5) is 16.5. The lowest BCUT2D eigenvalue weighted by atomic mass is 10.2. The molecule has 0 radical (unpaired) electrons. The zero-order chi connectivity index (χ0) is 11.7. The number of aromatic amines is 1. The van der Waals surface area contributed by atoms with Crippen LogP contribution in [0.1, 0.15) is 0 Å². The van der Waals surface area contributed by atoms with Crippen molar-refractivity contribution in [2.24, 2.45) is 0 Å². The van der Waals surface area contributed by atoms with Crippen LogP contribution in [0.15, 0.2) is 10.9 Å². The minimum atomic E-state index is -0.972. The first kappa shape index (κ1) is 11.3. The standard InChI is InChI=1S/C8H10ClN3O4/c9-7-1-4(8(15)11-10-7)12-2-5(13)6(14)3-16-12/h1,5-6,13-14H,2-3H2,(H,11,15)/t5-,6+/m0/s1. The van der Waals surface area contributed by atoms with Crippen LogP contribution in [0, 0.1) is 0 Å². The molecule has 0 spiro atoms. The molecule has 7 nitrogen and oxygen atoms in total. The molecule has 2 atom stereocenters. The topological polar surface area (TPSA) is 98.7 Å². The SMILES string of the molecule is O=c1[nH]nc(Cl)cc1N1C[C@H](O)[C@H](O)CO1. The van der Waals surface area contributed by atoms with Gasteiger partial charge in [0.15, 0.2) is 5.15 Å². The third kappa shape index (κ3) is 2.17. The van der Waals surface area contributed by atoms with E-state index in [2.05, 4.69) is 10.2 Å². The number of H-pyrrole nitrogens is 1. The Morgan fingerprint density at radius 1 is 1.56 bits per heavy atom. The summed E-state index contributed by atoms with van der Waals surface area (Å²) in [5.74, 6) is 0. The number of nitrogens with one attached hydrogen (secondary N) is 1. The van der Waals surface area contributed by atoms with Gasteiger partial charge in [0.1, 0.15) is 24.5 Å². The number of nitrogens with zero attached hydrogens (tertiary/aromatic N) is 2. The quantitative estimate of drug-likeness (QED) is 0.583. The van der Waals surface area contributed by atoms with Crippen molar-refractivity contribution in [3.8, 4) is 0 Å². The van der Waals surface area contributed by atoms with Crippen LogP contribution in [-0.2, 0) is 4.84 Å². The molecule has 0 amide bonds. The van der Waals surface area contributed by atoms with Gasteiger partial charge < -0.3 is 10.2 Å². The van der Waals surface area contributed by atoms with Crippen molar-refractivity contribution < 1.29 is 15.1 Å². The molecular weight excluding hydrogens is 238 g/mol. The van der Waals surface area contributed by atoms with Crippen LogP contribution in [0.3, 0.4) is 0 Å². The Kier molecular flexibility index (Phi) is 3.10. The number of rotatable bonds is 1. The van der Waals surface area contributed by atoms with E-state index in [4.69, 9.17) is 16.4 Å². The lowest BCUT2D eigenvalue weighted by molar-refractivity contribution is -0.0860. The van der Waals surface area contributed by atoms with E-state index in [9.17, 15) is 15.0 Å². The highest BCUT2D eigenvalue weighted by Crippen LogP contribution is 2.17. The molecule has 1 aliphatic rings. The number of hydroxylamine groups is 1. The fraction of sp³-hybridized carbons (Fsp3) is 0.500. The van der Waals surface area contributed by atoms with Gasteiger partial charge in [0.2, 0.25) is 0 Å². The van der Waals surface area contributed by atoms with Gasteiger partial charge in [-0.2, -0.15) is 5.10 Å². The van der Waals surface area contributed by atoms with Gasteiger partial charge in [-0.1, -0.05) is 11.6 Å². The van der Waals surface area contributed by atoms with Crippen LogP contribution in [-0.4, -0.2) is 45.8 Å². The van der Waals surface area contributed by atoms with Gasteiger partial charge in [-0.05, 0) is 0 Å². The molecule has 1 aromatic heterocycles. The fourth-order valence-electron chi connectivity index (χ4n) is 1.35. The Morgan fingerprint density at radius 3 is 3.00 bits per heavy atom. The predicted molar refractivity (Wildman–Crippen MR) is 55.2 cm³/mol. The third-order valence-corrected chi connectivity index (χ3v) is 2.41. The van der Waals surface area contributed by atoms with Crippen molar-refractivity contribution in [2.45, 2.75) is 12.2 Å². The first-order valence-electron chi connectivity index (χ1n) is 4.59. The molecule has 3 N–H and O–H groups in total. The molecule has 8 heteroatoms. The van der Waals surface area contributed by atoms with E-state index in [-0.39, 0.29) is 24.0 Å². The lowest BCUT2D eigenvalue weighted by Crippen LogP contribution is -2.49. The molecule has 1 aromatic rings. The summed E-state index contributed by atoms with van der Waals surface area (Å²) in [6.07, 6.45) is -1.92. The number of aromatic nitrogens is 2. The highest BCUT2D eigenvalue weighted by Gasteiger charge is 2.28. The number of aliphatic hydroxyl groups excluding tert-OH is 2. The third-order valence-electron chi connectivity index (χ3n) is 2.22. The fourth-order valence-corrected chi connectivity index (χ4v) is 1.49. The number of halogens is 1. The van der Waals surface area contributed by atoms with Crippen molar-refractivity contribution in [3.05, 3.63) is 21.6 Å². The number of hydrogen-bond donors (Lipinski definition) is 3. The first-order chi connectivity index (χ1) is 7.58. The summed E-state index contributed by atoms with van der Waals surface area (Å²) in [5.41, 5.74) is -0.334. The molecule has 2 heterocycles. The second kappa shape index (κ2) is 4.38. The van der Waals surface area contributed by atoms with Gasteiger partial charge >= 0.3 is 0 Å². The molecule has 0 unspecified atom stereocenters. The molecule has 1 aliphatic heterocycles. The highest BCUT2D eigenvalue weighted by molar-refractivity contribution is 6.29. The number of anilines is 1. The Morgan fingerprint density at radius 2 is 2.31 bits per heavy atom. The second-order valence-corrected chi connectivity index (χ2v) is 3.78. The zero-order valence-electron chi connectivity index (χ0n) is 8.13.